The number of ether oxygens (including phenoxy) is 2. The normalized spacial score (nSPS) is 10.5. The van der Waals surface area contributed by atoms with Crippen LogP contribution in [0, 0.1) is 0 Å². The molecule has 1 aromatic rings. The van der Waals surface area contributed by atoms with E-state index in [0.717, 1.165) is 11.0 Å². The summed E-state index contributed by atoms with van der Waals surface area (Å²) >= 11 is 1.53. The topological polar surface area (TPSA) is 55.8 Å². The number of hydrogen-bond acceptors (Lipinski definition) is 4. The second-order valence-corrected chi connectivity index (χ2v) is 4.16. The highest BCUT2D eigenvalue weighted by Crippen LogP contribution is 2.31. The molecule has 0 unspecified atom stereocenters. The number of carboxylic acid groups (broad SMARTS) is 1. The van der Waals surface area contributed by atoms with Crippen molar-refractivity contribution in [3.8, 4) is 11.5 Å². The number of hydrogen-bond donors (Lipinski definition) is 1. The standard InChI is InChI=1S/C12H14O4S/c1-15-10-6-5-9(8-11(10)16-2)17-7-3-4-12(13)14/h3-6,8H,7H2,1-2H3,(H,13,14)/b4-3+. The van der Waals surface area contributed by atoms with Crippen LogP contribution in [0.15, 0.2) is 35.2 Å². The van der Waals surface area contributed by atoms with Crippen LogP contribution in [0.25, 0.3) is 0 Å². The molecule has 0 saturated heterocycles. The zero-order valence-corrected chi connectivity index (χ0v) is 10.5. The van der Waals surface area contributed by atoms with E-state index in [1.54, 1.807) is 20.3 Å². The average Bonchev–Trinajstić information content (AvgIpc) is 2.34. The van der Waals surface area contributed by atoms with E-state index in [1.165, 1.54) is 11.8 Å². The lowest BCUT2D eigenvalue weighted by molar-refractivity contribution is -0.131. The van der Waals surface area contributed by atoms with Crippen molar-refractivity contribution in [1.29, 1.82) is 0 Å². The monoisotopic (exact) mass is 254 g/mol. The summed E-state index contributed by atoms with van der Waals surface area (Å²) in [6.07, 6.45) is 2.73. The quantitative estimate of drug-likeness (QED) is 0.624. The van der Waals surface area contributed by atoms with E-state index in [9.17, 15) is 4.79 Å². The van der Waals surface area contributed by atoms with Crippen LogP contribution in [0.3, 0.4) is 0 Å². The van der Waals surface area contributed by atoms with E-state index in [-0.39, 0.29) is 0 Å². The summed E-state index contributed by atoms with van der Waals surface area (Å²) in [5, 5.41) is 8.43. The SMILES string of the molecule is COc1ccc(SC/C=C/C(=O)O)cc1OC. The van der Waals surface area contributed by atoms with Gasteiger partial charge in [0.15, 0.2) is 11.5 Å². The number of carboxylic acids is 1. The van der Waals surface area contributed by atoms with E-state index in [2.05, 4.69) is 0 Å². The van der Waals surface area contributed by atoms with E-state index in [0.29, 0.717) is 17.3 Å². The van der Waals surface area contributed by atoms with E-state index < -0.39 is 5.97 Å². The summed E-state index contributed by atoms with van der Waals surface area (Å²) in [5.41, 5.74) is 0. The molecule has 0 bridgehead atoms. The molecule has 0 atom stereocenters. The molecule has 4 nitrogen and oxygen atoms in total. The summed E-state index contributed by atoms with van der Waals surface area (Å²) in [6.45, 7) is 0. The Morgan fingerprint density at radius 3 is 2.65 bits per heavy atom. The Kier molecular flexibility index (Phi) is 5.42. The molecule has 0 amide bonds. The first-order valence-corrected chi connectivity index (χ1v) is 5.90. The van der Waals surface area contributed by atoms with Crippen molar-refractivity contribution in [2.45, 2.75) is 4.90 Å². The van der Waals surface area contributed by atoms with E-state index in [4.69, 9.17) is 14.6 Å². The van der Waals surface area contributed by atoms with Crippen LogP contribution in [-0.2, 0) is 4.79 Å². The van der Waals surface area contributed by atoms with Crippen molar-refractivity contribution < 1.29 is 19.4 Å². The van der Waals surface area contributed by atoms with Crippen LogP contribution in [0.4, 0.5) is 0 Å². The van der Waals surface area contributed by atoms with Gasteiger partial charge in [0.25, 0.3) is 0 Å². The number of carbonyl (C=O) groups is 1. The Bertz CT molecular complexity index is 415. The molecule has 1 aromatic carbocycles. The smallest absolute Gasteiger partial charge is 0.328 e. The van der Waals surface area contributed by atoms with Crippen molar-refractivity contribution in [3.63, 3.8) is 0 Å². The van der Waals surface area contributed by atoms with Gasteiger partial charge >= 0.3 is 5.97 Å². The maximum atomic E-state index is 10.3. The van der Waals surface area contributed by atoms with Gasteiger partial charge < -0.3 is 14.6 Å². The Balaban J connectivity index is 2.63. The van der Waals surface area contributed by atoms with Crippen molar-refractivity contribution >= 4 is 17.7 Å². The summed E-state index contributed by atoms with van der Waals surface area (Å²) in [6, 6.07) is 5.58. The molecule has 0 saturated carbocycles. The lowest BCUT2D eigenvalue weighted by Gasteiger charge is -2.08. The van der Waals surface area contributed by atoms with Crippen LogP contribution in [0.1, 0.15) is 0 Å². The summed E-state index contributed by atoms with van der Waals surface area (Å²) in [7, 11) is 3.16. The van der Waals surface area contributed by atoms with E-state index in [1.807, 2.05) is 18.2 Å². The summed E-state index contributed by atoms with van der Waals surface area (Å²) in [4.78, 5) is 11.3. The number of rotatable bonds is 6. The average molecular weight is 254 g/mol. The largest absolute Gasteiger partial charge is 0.493 e. The zero-order chi connectivity index (χ0) is 12.7. The van der Waals surface area contributed by atoms with Gasteiger partial charge in [-0.25, -0.2) is 4.79 Å². The van der Waals surface area contributed by atoms with Crippen LogP contribution in [0.2, 0.25) is 0 Å². The second-order valence-electron chi connectivity index (χ2n) is 3.07. The molecule has 1 N–H and O–H groups in total. The van der Waals surface area contributed by atoms with Gasteiger partial charge in [-0.2, -0.15) is 0 Å². The fourth-order valence-corrected chi connectivity index (χ4v) is 1.94. The molecular weight excluding hydrogens is 240 g/mol. The Hall–Kier alpha value is -1.62. The Morgan fingerprint density at radius 1 is 1.35 bits per heavy atom. The van der Waals surface area contributed by atoms with Crippen LogP contribution in [-0.4, -0.2) is 31.0 Å². The number of thioether (sulfide) groups is 1. The summed E-state index contributed by atoms with van der Waals surface area (Å²) < 4.78 is 10.3. The van der Waals surface area contributed by atoms with Crippen LogP contribution in [0.5, 0.6) is 11.5 Å². The molecule has 0 fully saturated rings. The van der Waals surface area contributed by atoms with Gasteiger partial charge in [-0.1, -0.05) is 6.08 Å². The molecule has 0 aliphatic carbocycles. The summed E-state index contributed by atoms with van der Waals surface area (Å²) in [5.74, 6) is 1.01. The minimum absolute atomic E-state index is 0.599. The molecule has 0 heterocycles. The third-order valence-corrected chi connectivity index (χ3v) is 2.91. The molecule has 0 spiro atoms. The predicted molar refractivity (Wildman–Crippen MR) is 67.0 cm³/mol. The number of aliphatic carboxylic acids is 1. The van der Waals surface area contributed by atoms with Crippen molar-refractivity contribution in [3.05, 3.63) is 30.4 Å². The molecule has 0 aromatic heterocycles. The van der Waals surface area contributed by atoms with Crippen molar-refractivity contribution in [2.75, 3.05) is 20.0 Å². The molecular formula is C12H14O4S. The van der Waals surface area contributed by atoms with Crippen LogP contribution >= 0.6 is 11.8 Å². The van der Waals surface area contributed by atoms with Crippen LogP contribution < -0.4 is 9.47 Å². The predicted octanol–water partition coefficient (Wildman–Crippen LogP) is 2.44. The van der Waals surface area contributed by atoms with Crippen molar-refractivity contribution in [2.24, 2.45) is 0 Å². The first-order valence-electron chi connectivity index (χ1n) is 4.91. The fourth-order valence-electron chi connectivity index (χ4n) is 1.20. The molecule has 92 valence electrons. The minimum atomic E-state index is -0.932. The molecule has 0 radical (unpaired) electrons. The minimum Gasteiger partial charge on any atom is -0.493 e. The first kappa shape index (κ1) is 13.4. The fraction of sp³-hybridized carbons (Fsp3) is 0.250. The molecule has 0 aliphatic heterocycles. The zero-order valence-electron chi connectivity index (χ0n) is 9.67. The van der Waals surface area contributed by atoms with Gasteiger partial charge in [-0.3, -0.25) is 0 Å². The highest BCUT2D eigenvalue weighted by molar-refractivity contribution is 7.99. The third-order valence-electron chi connectivity index (χ3n) is 1.96. The van der Waals surface area contributed by atoms with Gasteiger partial charge in [-0.15, -0.1) is 11.8 Å². The maximum Gasteiger partial charge on any atom is 0.328 e. The maximum absolute atomic E-state index is 10.3. The van der Waals surface area contributed by atoms with Gasteiger partial charge in [0.1, 0.15) is 0 Å². The Labute approximate surface area is 104 Å². The number of methoxy groups -OCH3 is 2. The molecule has 1 rings (SSSR count). The van der Waals surface area contributed by atoms with Gasteiger partial charge in [0, 0.05) is 16.7 Å². The molecule has 17 heavy (non-hydrogen) atoms. The van der Waals surface area contributed by atoms with E-state index >= 15 is 0 Å². The lowest BCUT2D eigenvalue weighted by Crippen LogP contribution is -1.90. The van der Waals surface area contributed by atoms with Gasteiger partial charge in [0.2, 0.25) is 0 Å². The van der Waals surface area contributed by atoms with Gasteiger partial charge in [0.05, 0.1) is 14.2 Å². The number of benzene rings is 1. The molecule has 0 aliphatic rings. The molecule has 5 heteroatoms. The lowest BCUT2D eigenvalue weighted by atomic mass is 10.3. The second kappa shape index (κ2) is 6.85. The Morgan fingerprint density at radius 2 is 2.06 bits per heavy atom. The highest BCUT2D eigenvalue weighted by Gasteiger charge is 2.04. The third kappa shape index (κ3) is 4.40. The highest BCUT2D eigenvalue weighted by atomic mass is 32.2. The first-order chi connectivity index (χ1) is 8.17. The van der Waals surface area contributed by atoms with Crippen molar-refractivity contribution in [1.82, 2.24) is 0 Å². The van der Waals surface area contributed by atoms with Gasteiger partial charge in [-0.05, 0) is 18.2 Å².